The first-order valence-corrected chi connectivity index (χ1v) is 5.79. The van der Waals surface area contributed by atoms with Crippen molar-refractivity contribution in [2.24, 2.45) is 7.05 Å². The van der Waals surface area contributed by atoms with Crippen LogP contribution in [0.1, 0.15) is 26.3 Å². The zero-order chi connectivity index (χ0) is 13.8. The Bertz CT molecular complexity index is 602. The SMILES string of the molecule is Cn1cc(C(=O)O)c(C(=O)NCc2ccccc2)c1. The maximum absolute atomic E-state index is 12.0. The lowest BCUT2D eigenvalue weighted by Gasteiger charge is -2.04. The van der Waals surface area contributed by atoms with Crippen LogP contribution in [-0.2, 0) is 13.6 Å². The number of carbonyl (C=O) groups is 2. The third kappa shape index (κ3) is 3.01. The van der Waals surface area contributed by atoms with E-state index < -0.39 is 5.97 Å². The Balaban J connectivity index is 2.10. The molecule has 0 bridgehead atoms. The maximum atomic E-state index is 12.0. The summed E-state index contributed by atoms with van der Waals surface area (Å²) in [5, 5.41) is 11.7. The molecule has 0 saturated carbocycles. The van der Waals surface area contributed by atoms with Gasteiger partial charge < -0.3 is 15.0 Å². The number of carboxylic acid groups (broad SMARTS) is 1. The van der Waals surface area contributed by atoms with E-state index in [4.69, 9.17) is 5.11 Å². The van der Waals surface area contributed by atoms with Crippen molar-refractivity contribution in [2.75, 3.05) is 0 Å². The van der Waals surface area contributed by atoms with Crippen molar-refractivity contribution in [1.29, 1.82) is 0 Å². The minimum Gasteiger partial charge on any atom is -0.478 e. The summed E-state index contributed by atoms with van der Waals surface area (Å²) in [6.45, 7) is 0.369. The molecule has 5 heteroatoms. The Morgan fingerprint density at radius 3 is 2.42 bits per heavy atom. The number of aromatic nitrogens is 1. The second-order valence-electron chi connectivity index (χ2n) is 4.22. The normalized spacial score (nSPS) is 10.2. The van der Waals surface area contributed by atoms with Crippen LogP contribution in [0.3, 0.4) is 0 Å². The van der Waals surface area contributed by atoms with Crippen molar-refractivity contribution in [2.45, 2.75) is 6.54 Å². The molecule has 2 N–H and O–H groups in total. The number of rotatable bonds is 4. The predicted octanol–water partition coefficient (Wildman–Crippen LogP) is 1.65. The molecule has 19 heavy (non-hydrogen) atoms. The van der Waals surface area contributed by atoms with E-state index in [9.17, 15) is 9.59 Å². The Morgan fingerprint density at radius 1 is 1.16 bits per heavy atom. The van der Waals surface area contributed by atoms with Gasteiger partial charge in [-0.05, 0) is 5.56 Å². The summed E-state index contributed by atoms with van der Waals surface area (Å²) in [5.41, 5.74) is 1.14. The number of hydrogen-bond acceptors (Lipinski definition) is 2. The van der Waals surface area contributed by atoms with Crippen molar-refractivity contribution in [3.05, 3.63) is 59.4 Å². The average molecular weight is 258 g/mol. The molecule has 0 fully saturated rings. The van der Waals surface area contributed by atoms with E-state index in [0.717, 1.165) is 5.56 Å². The quantitative estimate of drug-likeness (QED) is 0.876. The highest BCUT2D eigenvalue weighted by Crippen LogP contribution is 2.10. The maximum Gasteiger partial charge on any atom is 0.338 e. The molecule has 1 heterocycles. The second-order valence-corrected chi connectivity index (χ2v) is 4.22. The molecule has 1 aromatic carbocycles. The summed E-state index contributed by atoms with van der Waals surface area (Å²) in [4.78, 5) is 23.0. The van der Waals surface area contributed by atoms with E-state index in [1.807, 2.05) is 30.3 Å². The number of nitrogens with one attached hydrogen (secondary N) is 1. The molecule has 2 aromatic rings. The highest BCUT2D eigenvalue weighted by molar-refractivity contribution is 6.04. The molecule has 0 spiro atoms. The number of aryl methyl sites for hydroxylation is 1. The first kappa shape index (κ1) is 12.9. The van der Waals surface area contributed by atoms with Gasteiger partial charge in [0.05, 0.1) is 11.1 Å². The zero-order valence-electron chi connectivity index (χ0n) is 10.5. The van der Waals surface area contributed by atoms with Crippen LogP contribution in [0.4, 0.5) is 0 Å². The first-order valence-electron chi connectivity index (χ1n) is 5.79. The van der Waals surface area contributed by atoms with E-state index >= 15 is 0 Å². The van der Waals surface area contributed by atoms with Crippen molar-refractivity contribution in [3.8, 4) is 0 Å². The molecular formula is C14H14N2O3. The van der Waals surface area contributed by atoms with Gasteiger partial charge in [-0.2, -0.15) is 0 Å². The number of amides is 1. The number of benzene rings is 1. The van der Waals surface area contributed by atoms with Gasteiger partial charge in [0.1, 0.15) is 0 Å². The summed E-state index contributed by atoms with van der Waals surface area (Å²) >= 11 is 0. The van der Waals surface area contributed by atoms with Gasteiger partial charge in [0, 0.05) is 26.0 Å². The van der Waals surface area contributed by atoms with Crippen LogP contribution >= 0.6 is 0 Å². The molecule has 2 rings (SSSR count). The fourth-order valence-corrected chi connectivity index (χ4v) is 1.81. The molecule has 1 aromatic heterocycles. The molecule has 0 aliphatic rings. The Labute approximate surface area is 110 Å². The predicted molar refractivity (Wildman–Crippen MR) is 70.0 cm³/mol. The average Bonchev–Trinajstić information content (AvgIpc) is 2.79. The van der Waals surface area contributed by atoms with Crippen LogP contribution in [0.2, 0.25) is 0 Å². The van der Waals surface area contributed by atoms with E-state index in [2.05, 4.69) is 5.32 Å². The summed E-state index contributed by atoms with van der Waals surface area (Å²) < 4.78 is 1.56. The highest BCUT2D eigenvalue weighted by Gasteiger charge is 2.18. The monoisotopic (exact) mass is 258 g/mol. The topological polar surface area (TPSA) is 71.3 Å². The molecular weight excluding hydrogens is 244 g/mol. The molecule has 0 atom stereocenters. The fraction of sp³-hybridized carbons (Fsp3) is 0.143. The van der Waals surface area contributed by atoms with Crippen LogP contribution in [0.15, 0.2) is 42.7 Å². The number of hydrogen-bond donors (Lipinski definition) is 2. The summed E-state index contributed by atoms with van der Waals surface area (Å²) in [6, 6.07) is 9.44. The largest absolute Gasteiger partial charge is 0.478 e. The Kier molecular flexibility index (Phi) is 3.66. The number of carboxylic acids is 1. The van der Waals surface area contributed by atoms with Crippen LogP contribution in [0.5, 0.6) is 0 Å². The standard InChI is InChI=1S/C14H14N2O3/c1-16-8-11(12(9-16)14(18)19)13(17)15-7-10-5-3-2-4-6-10/h2-6,8-9H,7H2,1H3,(H,15,17)(H,18,19). The first-order chi connectivity index (χ1) is 9.08. The second kappa shape index (κ2) is 5.39. The summed E-state index contributed by atoms with van der Waals surface area (Å²) in [6.07, 6.45) is 2.92. The molecule has 1 amide bonds. The smallest absolute Gasteiger partial charge is 0.338 e. The van der Waals surface area contributed by atoms with Gasteiger partial charge >= 0.3 is 5.97 Å². The Morgan fingerprint density at radius 2 is 1.79 bits per heavy atom. The van der Waals surface area contributed by atoms with Crippen LogP contribution in [-0.4, -0.2) is 21.6 Å². The molecule has 5 nitrogen and oxygen atoms in total. The van der Waals surface area contributed by atoms with E-state index in [0.29, 0.717) is 6.54 Å². The van der Waals surface area contributed by atoms with Gasteiger partial charge in [-0.3, -0.25) is 4.79 Å². The third-order valence-corrected chi connectivity index (χ3v) is 2.73. The van der Waals surface area contributed by atoms with Crippen molar-refractivity contribution in [3.63, 3.8) is 0 Å². The van der Waals surface area contributed by atoms with Crippen molar-refractivity contribution in [1.82, 2.24) is 9.88 Å². The fourth-order valence-electron chi connectivity index (χ4n) is 1.81. The third-order valence-electron chi connectivity index (χ3n) is 2.73. The lowest BCUT2D eigenvalue weighted by atomic mass is 10.2. The van der Waals surface area contributed by atoms with E-state index in [1.165, 1.54) is 12.4 Å². The van der Waals surface area contributed by atoms with Crippen LogP contribution < -0.4 is 5.32 Å². The molecule has 0 aliphatic heterocycles. The number of nitrogens with zero attached hydrogens (tertiary/aromatic N) is 1. The van der Waals surface area contributed by atoms with Gasteiger partial charge in [0.25, 0.3) is 5.91 Å². The van der Waals surface area contributed by atoms with Gasteiger partial charge in [-0.15, -0.1) is 0 Å². The van der Waals surface area contributed by atoms with Gasteiger partial charge in [0.15, 0.2) is 0 Å². The van der Waals surface area contributed by atoms with E-state index in [1.54, 1.807) is 11.6 Å². The van der Waals surface area contributed by atoms with Gasteiger partial charge in [0.2, 0.25) is 0 Å². The molecule has 0 radical (unpaired) electrons. The minimum atomic E-state index is -1.11. The zero-order valence-corrected chi connectivity index (χ0v) is 10.5. The highest BCUT2D eigenvalue weighted by atomic mass is 16.4. The lowest BCUT2D eigenvalue weighted by molar-refractivity contribution is 0.0691. The lowest BCUT2D eigenvalue weighted by Crippen LogP contribution is -2.24. The summed E-state index contributed by atoms with van der Waals surface area (Å²) in [7, 11) is 1.68. The van der Waals surface area contributed by atoms with Crippen molar-refractivity contribution < 1.29 is 14.7 Å². The summed E-state index contributed by atoms with van der Waals surface area (Å²) in [5.74, 6) is -1.49. The van der Waals surface area contributed by atoms with E-state index in [-0.39, 0.29) is 17.0 Å². The minimum absolute atomic E-state index is 0.00746. The molecule has 0 unspecified atom stereocenters. The van der Waals surface area contributed by atoms with Crippen LogP contribution in [0, 0.1) is 0 Å². The molecule has 0 saturated heterocycles. The Hall–Kier alpha value is -2.56. The number of aromatic carboxylic acids is 1. The molecule has 98 valence electrons. The molecule has 0 aliphatic carbocycles. The number of carbonyl (C=O) groups excluding carboxylic acids is 1. The van der Waals surface area contributed by atoms with Gasteiger partial charge in [-0.1, -0.05) is 30.3 Å². The van der Waals surface area contributed by atoms with Crippen LogP contribution in [0.25, 0.3) is 0 Å². The van der Waals surface area contributed by atoms with Gasteiger partial charge in [-0.25, -0.2) is 4.79 Å². The van der Waals surface area contributed by atoms with Crippen molar-refractivity contribution >= 4 is 11.9 Å².